The highest BCUT2D eigenvalue weighted by Crippen LogP contribution is 2.35. The summed E-state index contributed by atoms with van der Waals surface area (Å²) in [5, 5.41) is 13.0. The number of nitrogens with one attached hydrogen (secondary N) is 1. The summed E-state index contributed by atoms with van der Waals surface area (Å²) >= 11 is 6.17. The van der Waals surface area contributed by atoms with Gasteiger partial charge in [-0.05, 0) is 93.4 Å². The van der Waals surface area contributed by atoms with Crippen molar-refractivity contribution in [3.05, 3.63) is 58.1 Å². The van der Waals surface area contributed by atoms with Crippen LogP contribution < -0.4 is 15.0 Å². The molecule has 0 aromatic heterocycles. The van der Waals surface area contributed by atoms with E-state index in [0.29, 0.717) is 22.9 Å². The number of carbonyl (C=O) groups excluding carboxylic acids is 1. The molecule has 3 fully saturated rings. The molecule has 1 N–H and O–H groups in total. The van der Waals surface area contributed by atoms with Gasteiger partial charge in [-0.15, -0.1) is 0 Å². The highest BCUT2D eigenvalue weighted by molar-refractivity contribution is 6.31. The number of hydrogen-bond donors (Lipinski definition) is 1. The number of carbonyl (C=O) groups is 1. The summed E-state index contributed by atoms with van der Waals surface area (Å²) in [7, 11) is 0. The average Bonchev–Trinajstić information content (AvgIpc) is 3.30. The van der Waals surface area contributed by atoms with Crippen LogP contribution in [0.3, 0.4) is 0 Å². The number of anilines is 1. The minimum atomic E-state index is 0.102. The first kappa shape index (κ1) is 26.4. The number of nitrogens with zero attached hydrogens (tertiary/aromatic N) is 4. The van der Waals surface area contributed by atoms with Crippen LogP contribution in [0, 0.1) is 17.2 Å². The number of halogens is 1. The van der Waals surface area contributed by atoms with E-state index in [-0.39, 0.29) is 18.1 Å². The molecule has 206 valence electrons. The lowest BCUT2D eigenvalue weighted by molar-refractivity contribution is 0.0561. The SMILES string of the molecule is N#Cc1ccc(O[C@H]2CC[C@H](N3Cc4cc(N5CCN(CC6CCNCC6)CC5)ccc4C3=O)CC2)cc1Cl. The number of hydrogen-bond acceptors (Lipinski definition) is 6. The van der Waals surface area contributed by atoms with Gasteiger partial charge in [0.25, 0.3) is 5.91 Å². The molecular weight excluding hydrogens is 510 g/mol. The van der Waals surface area contributed by atoms with Crippen LogP contribution in [0.5, 0.6) is 5.75 Å². The summed E-state index contributed by atoms with van der Waals surface area (Å²) in [5.74, 6) is 1.71. The Bertz CT molecular complexity index is 1220. The maximum absolute atomic E-state index is 13.3. The number of benzene rings is 2. The van der Waals surface area contributed by atoms with Crippen LogP contribution in [-0.2, 0) is 6.54 Å². The number of piperazine rings is 1. The highest BCUT2D eigenvalue weighted by atomic mass is 35.5. The molecule has 8 heteroatoms. The number of ether oxygens (including phenoxy) is 1. The van der Waals surface area contributed by atoms with E-state index in [1.807, 2.05) is 6.07 Å². The molecule has 6 rings (SSSR count). The van der Waals surface area contributed by atoms with Gasteiger partial charge in [0.05, 0.1) is 16.7 Å². The van der Waals surface area contributed by atoms with Crippen molar-refractivity contribution in [3.63, 3.8) is 0 Å². The predicted molar refractivity (Wildman–Crippen MR) is 153 cm³/mol. The van der Waals surface area contributed by atoms with Crippen molar-refractivity contribution in [2.45, 2.75) is 57.2 Å². The number of nitriles is 1. The van der Waals surface area contributed by atoms with Gasteiger partial charge < -0.3 is 19.9 Å². The highest BCUT2D eigenvalue weighted by Gasteiger charge is 2.36. The fraction of sp³-hybridized carbons (Fsp3) is 0.548. The van der Waals surface area contributed by atoms with Gasteiger partial charge in [0.1, 0.15) is 11.8 Å². The van der Waals surface area contributed by atoms with Crippen LogP contribution in [0.2, 0.25) is 5.02 Å². The zero-order valence-corrected chi connectivity index (χ0v) is 23.3. The van der Waals surface area contributed by atoms with E-state index in [1.54, 1.807) is 12.1 Å². The lowest BCUT2D eigenvalue weighted by Gasteiger charge is -2.38. The summed E-state index contributed by atoms with van der Waals surface area (Å²) in [5.41, 5.74) is 3.75. The third-order valence-corrected chi connectivity index (χ3v) is 9.39. The summed E-state index contributed by atoms with van der Waals surface area (Å²) < 4.78 is 6.16. The van der Waals surface area contributed by atoms with Crippen molar-refractivity contribution >= 4 is 23.2 Å². The summed E-state index contributed by atoms with van der Waals surface area (Å²) in [6.07, 6.45) is 6.36. The van der Waals surface area contributed by atoms with E-state index < -0.39 is 0 Å². The van der Waals surface area contributed by atoms with Gasteiger partial charge in [0.15, 0.2) is 0 Å². The second-order valence-corrected chi connectivity index (χ2v) is 12.0. The van der Waals surface area contributed by atoms with Crippen LogP contribution in [0.25, 0.3) is 0 Å². The van der Waals surface area contributed by atoms with Gasteiger partial charge in [0.2, 0.25) is 0 Å². The van der Waals surface area contributed by atoms with Gasteiger partial charge in [-0.2, -0.15) is 5.26 Å². The number of piperidine rings is 1. The smallest absolute Gasteiger partial charge is 0.254 e. The van der Waals surface area contributed by atoms with E-state index >= 15 is 0 Å². The largest absolute Gasteiger partial charge is 0.490 e. The summed E-state index contributed by atoms with van der Waals surface area (Å²) in [6.45, 7) is 8.61. The minimum Gasteiger partial charge on any atom is -0.490 e. The van der Waals surface area contributed by atoms with Crippen LogP contribution in [0.4, 0.5) is 5.69 Å². The second-order valence-electron chi connectivity index (χ2n) is 11.6. The first-order valence-corrected chi connectivity index (χ1v) is 14.9. The molecule has 0 unspecified atom stereocenters. The Morgan fingerprint density at radius 1 is 0.974 bits per heavy atom. The molecule has 2 aromatic carbocycles. The quantitative estimate of drug-likeness (QED) is 0.566. The second kappa shape index (κ2) is 11.8. The fourth-order valence-electron chi connectivity index (χ4n) is 6.77. The number of rotatable bonds is 6. The van der Waals surface area contributed by atoms with Gasteiger partial charge in [0, 0.05) is 62.6 Å². The molecule has 2 aromatic rings. The Balaban J connectivity index is 1.01. The van der Waals surface area contributed by atoms with Crippen molar-refractivity contribution in [2.75, 3.05) is 50.7 Å². The molecule has 3 aliphatic heterocycles. The Morgan fingerprint density at radius 3 is 2.46 bits per heavy atom. The van der Waals surface area contributed by atoms with Crippen molar-refractivity contribution in [2.24, 2.45) is 5.92 Å². The molecular formula is C31H38ClN5O2. The molecule has 1 saturated carbocycles. The zero-order valence-electron chi connectivity index (χ0n) is 22.6. The monoisotopic (exact) mass is 547 g/mol. The first-order valence-electron chi connectivity index (χ1n) is 14.6. The normalized spacial score (nSPS) is 24.5. The van der Waals surface area contributed by atoms with Crippen molar-refractivity contribution in [1.82, 2.24) is 15.1 Å². The molecule has 0 atom stereocenters. The van der Waals surface area contributed by atoms with Gasteiger partial charge in [-0.25, -0.2) is 0 Å². The summed E-state index contributed by atoms with van der Waals surface area (Å²) in [6, 6.07) is 14.0. The molecule has 1 aliphatic carbocycles. The van der Waals surface area contributed by atoms with E-state index in [1.165, 1.54) is 43.7 Å². The van der Waals surface area contributed by atoms with E-state index in [0.717, 1.165) is 63.3 Å². The summed E-state index contributed by atoms with van der Waals surface area (Å²) in [4.78, 5) is 20.5. The Kier molecular flexibility index (Phi) is 7.97. The molecule has 1 amide bonds. The topological polar surface area (TPSA) is 71.8 Å². The molecule has 39 heavy (non-hydrogen) atoms. The Morgan fingerprint density at radius 2 is 1.74 bits per heavy atom. The number of amides is 1. The maximum Gasteiger partial charge on any atom is 0.254 e. The molecule has 7 nitrogen and oxygen atoms in total. The van der Waals surface area contributed by atoms with Crippen LogP contribution >= 0.6 is 11.6 Å². The van der Waals surface area contributed by atoms with Gasteiger partial charge in [-0.1, -0.05) is 11.6 Å². The van der Waals surface area contributed by atoms with Crippen molar-refractivity contribution in [1.29, 1.82) is 5.26 Å². The molecule has 2 saturated heterocycles. The first-order chi connectivity index (χ1) is 19.1. The molecule has 0 bridgehead atoms. The van der Waals surface area contributed by atoms with Crippen molar-refractivity contribution in [3.8, 4) is 11.8 Å². The third-order valence-electron chi connectivity index (χ3n) is 9.08. The van der Waals surface area contributed by atoms with Crippen LogP contribution in [0.15, 0.2) is 36.4 Å². The van der Waals surface area contributed by atoms with E-state index in [2.05, 4.69) is 44.3 Å². The van der Waals surface area contributed by atoms with E-state index in [4.69, 9.17) is 21.6 Å². The van der Waals surface area contributed by atoms with Crippen LogP contribution in [0.1, 0.15) is 60.0 Å². The predicted octanol–water partition coefficient (Wildman–Crippen LogP) is 4.68. The standard InChI is InChI=1S/C31H38ClN5O2/c32-30-18-28(5-1-23(30)19-33)39-27-6-2-25(3-7-27)37-21-24-17-26(4-8-29(24)31(37)38)36-15-13-35(14-16-36)20-22-9-11-34-12-10-22/h1,4-5,8,17-18,22,25,27,34H,2-3,6-7,9-16,20-21H2/t25-,27-. The lowest BCUT2D eigenvalue weighted by atomic mass is 9.92. The molecule has 3 heterocycles. The molecule has 0 spiro atoms. The average molecular weight is 548 g/mol. The van der Waals surface area contributed by atoms with E-state index in [9.17, 15) is 4.79 Å². The number of fused-ring (bicyclic) bond motifs is 1. The van der Waals surface area contributed by atoms with Crippen molar-refractivity contribution < 1.29 is 9.53 Å². The van der Waals surface area contributed by atoms with Crippen LogP contribution in [-0.4, -0.2) is 73.7 Å². The Hall–Kier alpha value is -2.79. The lowest BCUT2D eigenvalue weighted by Crippen LogP contribution is -2.48. The van der Waals surface area contributed by atoms with Gasteiger partial charge in [-0.3, -0.25) is 9.69 Å². The fourth-order valence-corrected chi connectivity index (χ4v) is 6.98. The van der Waals surface area contributed by atoms with Gasteiger partial charge >= 0.3 is 0 Å². The zero-order chi connectivity index (χ0) is 26.8. The molecule has 0 radical (unpaired) electrons. The Labute approximate surface area is 236 Å². The maximum atomic E-state index is 13.3. The molecule has 4 aliphatic rings. The third kappa shape index (κ3) is 5.89. The minimum absolute atomic E-state index is 0.102.